The van der Waals surface area contributed by atoms with Gasteiger partial charge in [-0.05, 0) is 56.1 Å². The quantitative estimate of drug-likeness (QED) is 0.561. The normalized spacial score (nSPS) is 12.0. The summed E-state index contributed by atoms with van der Waals surface area (Å²) < 4.78 is 6.92. The summed E-state index contributed by atoms with van der Waals surface area (Å²) in [5.74, 6) is -0.397. The number of esters is 1. The molecule has 112 valence electrons. The summed E-state index contributed by atoms with van der Waals surface area (Å²) in [6.45, 7) is 0. The van der Waals surface area contributed by atoms with Crippen LogP contribution in [0.3, 0.4) is 0 Å². The van der Waals surface area contributed by atoms with E-state index in [0.29, 0.717) is 9.36 Å². The first-order chi connectivity index (χ1) is 9.92. The van der Waals surface area contributed by atoms with E-state index in [1.165, 1.54) is 18.4 Å². The second-order valence-electron chi connectivity index (χ2n) is 4.00. The number of carbonyl (C=O) groups is 1. The van der Waals surface area contributed by atoms with Crippen LogP contribution in [0.15, 0.2) is 33.2 Å². The van der Waals surface area contributed by atoms with Crippen LogP contribution in [0.25, 0.3) is 0 Å². The van der Waals surface area contributed by atoms with Crippen molar-refractivity contribution in [2.75, 3.05) is 12.4 Å². The summed E-state index contributed by atoms with van der Waals surface area (Å²) in [7, 11) is 1.35. The van der Waals surface area contributed by atoms with Crippen molar-refractivity contribution in [3.05, 3.63) is 47.4 Å². The highest BCUT2D eigenvalue weighted by atomic mass is 79.9. The molecule has 1 heterocycles. The highest BCUT2D eigenvalue weighted by Gasteiger charge is 2.24. The molecule has 3 nitrogen and oxygen atoms in total. The van der Waals surface area contributed by atoms with Crippen molar-refractivity contribution in [1.82, 2.24) is 0 Å². The number of methoxy groups -OCH3 is 1. The number of nitrogens with one attached hydrogen (secondary N) is 1. The van der Waals surface area contributed by atoms with Gasteiger partial charge in [-0.25, -0.2) is 4.79 Å². The van der Waals surface area contributed by atoms with E-state index < -0.39 is 12.0 Å². The molecule has 2 aromatic rings. The molecule has 1 aromatic carbocycles. The lowest BCUT2D eigenvalue weighted by Crippen LogP contribution is -2.21. The van der Waals surface area contributed by atoms with Gasteiger partial charge in [0.05, 0.1) is 12.1 Å². The van der Waals surface area contributed by atoms with E-state index in [-0.39, 0.29) is 0 Å². The molecule has 0 amide bonds. The Bertz CT molecular complexity index is 659. The Balaban J connectivity index is 2.32. The van der Waals surface area contributed by atoms with Gasteiger partial charge in [-0.2, -0.15) is 0 Å². The van der Waals surface area contributed by atoms with Gasteiger partial charge in [0.25, 0.3) is 0 Å². The van der Waals surface area contributed by atoms with Gasteiger partial charge in [-0.3, -0.25) is 0 Å². The van der Waals surface area contributed by atoms with Crippen LogP contribution in [0, 0.1) is 0 Å². The highest BCUT2D eigenvalue weighted by molar-refractivity contribution is 9.11. The predicted molar refractivity (Wildman–Crippen MR) is 94.6 cm³/mol. The van der Waals surface area contributed by atoms with Gasteiger partial charge in [0.2, 0.25) is 0 Å². The van der Waals surface area contributed by atoms with E-state index in [0.717, 1.165) is 19.5 Å². The van der Waals surface area contributed by atoms with Crippen LogP contribution in [0.2, 0.25) is 9.36 Å². The maximum absolute atomic E-state index is 12.0. The minimum Gasteiger partial charge on any atom is -0.467 e. The molecule has 0 aliphatic heterocycles. The average molecular weight is 474 g/mol. The molecular formula is C13H9Br2Cl2NO2S. The molecule has 2 rings (SSSR count). The number of carbonyl (C=O) groups excluding carboxylic acids is 1. The summed E-state index contributed by atoms with van der Waals surface area (Å²) in [6, 6.07) is 6.47. The third-order valence-electron chi connectivity index (χ3n) is 2.62. The Morgan fingerprint density at radius 2 is 2.00 bits per heavy atom. The van der Waals surface area contributed by atoms with Crippen molar-refractivity contribution in [2.24, 2.45) is 0 Å². The molecule has 0 aliphatic carbocycles. The molecule has 0 radical (unpaired) electrons. The Hall–Kier alpha value is -0.270. The molecule has 0 fully saturated rings. The molecule has 1 aromatic heterocycles. The van der Waals surface area contributed by atoms with Crippen molar-refractivity contribution in [3.63, 3.8) is 0 Å². The zero-order valence-corrected chi connectivity index (χ0v) is 16.1. The van der Waals surface area contributed by atoms with E-state index >= 15 is 0 Å². The van der Waals surface area contributed by atoms with Crippen LogP contribution >= 0.6 is 66.4 Å². The standard InChI is InChI=1S/C13H9Br2Cl2NO2S/c1-20-13(19)11(10-5-8(15)12(17)21-10)18-6-2-3-9(16)7(14)4-6/h2-5,11,18H,1H3. The number of hydrogen-bond donors (Lipinski definition) is 1. The van der Waals surface area contributed by atoms with E-state index in [2.05, 4.69) is 37.2 Å². The minimum atomic E-state index is -0.642. The zero-order chi connectivity index (χ0) is 15.6. The Morgan fingerprint density at radius 3 is 2.52 bits per heavy atom. The summed E-state index contributed by atoms with van der Waals surface area (Å²) in [4.78, 5) is 12.8. The van der Waals surface area contributed by atoms with Crippen molar-refractivity contribution < 1.29 is 9.53 Å². The molecule has 0 saturated heterocycles. The smallest absolute Gasteiger partial charge is 0.333 e. The Kier molecular flexibility index (Phi) is 5.96. The molecule has 21 heavy (non-hydrogen) atoms. The van der Waals surface area contributed by atoms with Crippen LogP contribution in [-0.2, 0) is 9.53 Å². The van der Waals surface area contributed by atoms with Gasteiger partial charge in [0, 0.05) is 19.5 Å². The van der Waals surface area contributed by atoms with Gasteiger partial charge in [0.15, 0.2) is 6.04 Å². The Morgan fingerprint density at radius 1 is 1.29 bits per heavy atom. The fourth-order valence-electron chi connectivity index (χ4n) is 1.62. The number of ether oxygens (including phenoxy) is 1. The SMILES string of the molecule is COC(=O)C(Nc1ccc(Cl)c(Br)c1)c1cc(Br)c(Cl)s1. The highest BCUT2D eigenvalue weighted by Crippen LogP contribution is 2.37. The van der Waals surface area contributed by atoms with Gasteiger partial charge >= 0.3 is 5.97 Å². The molecule has 1 unspecified atom stereocenters. The maximum atomic E-state index is 12.0. The van der Waals surface area contributed by atoms with Crippen LogP contribution < -0.4 is 5.32 Å². The van der Waals surface area contributed by atoms with E-state index in [1.807, 2.05) is 0 Å². The molecule has 0 aliphatic rings. The van der Waals surface area contributed by atoms with Crippen molar-refractivity contribution in [1.29, 1.82) is 0 Å². The summed E-state index contributed by atoms with van der Waals surface area (Å²) in [5.41, 5.74) is 0.738. The predicted octanol–water partition coefficient (Wildman–Crippen LogP) is 5.91. The van der Waals surface area contributed by atoms with Crippen molar-refractivity contribution in [3.8, 4) is 0 Å². The topological polar surface area (TPSA) is 38.3 Å². The third-order valence-corrected chi connectivity index (χ3v) is 6.37. The van der Waals surface area contributed by atoms with Crippen LogP contribution in [-0.4, -0.2) is 13.1 Å². The molecule has 1 atom stereocenters. The van der Waals surface area contributed by atoms with Gasteiger partial charge < -0.3 is 10.1 Å². The summed E-state index contributed by atoms with van der Waals surface area (Å²) in [5, 5.41) is 3.72. The van der Waals surface area contributed by atoms with Gasteiger partial charge in [-0.1, -0.05) is 23.2 Å². The molecule has 0 bridgehead atoms. The van der Waals surface area contributed by atoms with Crippen LogP contribution in [0.4, 0.5) is 5.69 Å². The molecule has 0 spiro atoms. The first-order valence-corrected chi connectivity index (χ1v) is 8.82. The second kappa shape index (κ2) is 7.33. The lowest BCUT2D eigenvalue weighted by Gasteiger charge is -2.16. The first-order valence-electron chi connectivity index (χ1n) is 5.66. The van der Waals surface area contributed by atoms with E-state index in [4.69, 9.17) is 27.9 Å². The van der Waals surface area contributed by atoms with Crippen LogP contribution in [0.1, 0.15) is 10.9 Å². The number of rotatable bonds is 4. The molecule has 0 saturated carbocycles. The molecule has 8 heteroatoms. The maximum Gasteiger partial charge on any atom is 0.333 e. The number of benzene rings is 1. The van der Waals surface area contributed by atoms with Gasteiger partial charge in [-0.15, -0.1) is 11.3 Å². The van der Waals surface area contributed by atoms with Gasteiger partial charge in [0.1, 0.15) is 4.34 Å². The van der Waals surface area contributed by atoms with E-state index in [9.17, 15) is 4.79 Å². The summed E-state index contributed by atoms with van der Waals surface area (Å²) in [6.07, 6.45) is 0. The fourth-order valence-corrected chi connectivity index (χ4v) is 3.89. The lowest BCUT2D eigenvalue weighted by atomic mass is 10.2. The van der Waals surface area contributed by atoms with Crippen molar-refractivity contribution in [2.45, 2.75) is 6.04 Å². The largest absolute Gasteiger partial charge is 0.467 e. The summed E-state index contributed by atoms with van der Waals surface area (Å²) >= 11 is 20.0. The fraction of sp³-hybridized carbons (Fsp3) is 0.154. The zero-order valence-electron chi connectivity index (χ0n) is 10.6. The number of hydrogen-bond acceptors (Lipinski definition) is 4. The first kappa shape index (κ1) is 17.1. The molecular weight excluding hydrogens is 465 g/mol. The van der Waals surface area contributed by atoms with E-state index in [1.54, 1.807) is 24.3 Å². The third kappa shape index (κ3) is 4.13. The monoisotopic (exact) mass is 471 g/mol. The average Bonchev–Trinajstić information content (AvgIpc) is 2.78. The second-order valence-corrected chi connectivity index (χ2v) is 7.80. The lowest BCUT2D eigenvalue weighted by molar-refractivity contribution is -0.141. The minimum absolute atomic E-state index is 0.397. The number of anilines is 1. The number of halogens is 4. The Labute approximate surface area is 152 Å². The van der Waals surface area contributed by atoms with Crippen LogP contribution in [0.5, 0.6) is 0 Å². The number of thiophene rings is 1. The van der Waals surface area contributed by atoms with Crippen molar-refractivity contribution >= 4 is 78.1 Å². The molecule has 1 N–H and O–H groups in total.